The van der Waals surface area contributed by atoms with Gasteiger partial charge in [-0.1, -0.05) is 27.5 Å². The number of ketones is 1. The van der Waals surface area contributed by atoms with Crippen molar-refractivity contribution in [3.05, 3.63) is 33.3 Å². The van der Waals surface area contributed by atoms with Crippen LogP contribution in [0.2, 0.25) is 5.02 Å². The van der Waals surface area contributed by atoms with Crippen molar-refractivity contribution in [3.63, 3.8) is 0 Å². The number of halogens is 2. The maximum absolute atomic E-state index is 12.2. The van der Waals surface area contributed by atoms with Gasteiger partial charge in [-0.2, -0.15) is 0 Å². The van der Waals surface area contributed by atoms with Crippen LogP contribution >= 0.6 is 27.5 Å². The minimum atomic E-state index is 0.0624. The van der Waals surface area contributed by atoms with Gasteiger partial charge in [-0.15, -0.1) is 0 Å². The molecule has 1 aliphatic heterocycles. The monoisotopic (exact) mass is 302 g/mol. The van der Waals surface area contributed by atoms with E-state index in [2.05, 4.69) is 15.9 Å². The average Bonchev–Trinajstić information content (AvgIpc) is 2.29. The zero-order valence-electron chi connectivity index (χ0n) is 8.71. The van der Waals surface area contributed by atoms with Crippen LogP contribution in [-0.4, -0.2) is 19.0 Å². The van der Waals surface area contributed by atoms with E-state index in [-0.39, 0.29) is 11.7 Å². The molecule has 1 saturated heterocycles. The summed E-state index contributed by atoms with van der Waals surface area (Å²) in [5, 5.41) is 0.519. The summed E-state index contributed by atoms with van der Waals surface area (Å²) < 4.78 is 6.13. The largest absolute Gasteiger partial charge is 0.381 e. The van der Waals surface area contributed by atoms with E-state index in [1.165, 1.54) is 0 Å². The quantitative estimate of drug-likeness (QED) is 0.779. The number of hydrogen-bond acceptors (Lipinski definition) is 2. The second-order valence-corrected chi connectivity index (χ2v) is 5.20. The number of hydrogen-bond donors (Lipinski definition) is 0. The third kappa shape index (κ3) is 2.65. The van der Waals surface area contributed by atoms with Crippen molar-refractivity contribution in [3.8, 4) is 0 Å². The summed E-state index contributed by atoms with van der Waals surface area (Å²) in [7, 11) is 0. The molecule has 0 spiro atoms. The van der Waals surface area contributed by atoms with Crippen molar-refractivity contribution in [2.24, 2.45) is 5.92 Å². The molecule has 0 unspecified atom stereocenters. The fourth-order valence-corrected chi connectivity index (χ4v) is 2.64. The molecule has 0 N–H and O–H groups in total. The number of carbonyl (C=O) groups is 1. The summed E-state index contributed by atoms with van der Waals surface area (Å²) in [6, 6.07) is 5.39. The molecule has 1 aromatic carbocycles. The SMILES string of the molecule is O=C(c1ccc(Br)cc1Cl)C1CCOCC1. The maximum Gasteiger partial charge on any atom is 0.167 e. The number of ether oxygens (including phenoxy) is 1. The van der Waals surface area contributed by atoms with Crippen molar-refractivity contribution in [1.29, 1.82) is 0 Å². The minimum Gasteiger partial charge on any atom is -0.381 e. The van der Waals surface area contributed by atoms with Gasteiger partial charge in [0.2, 0.25) is 0 Å². The lowest BCUT2D eigenvalue weighted by Gasteiger charge is -2.21. The first-order chi connectivity index (χ1) is 7.68. The maximum atomic E-state index is 12.2. The van der Waals surface area contributed by atoms with Gasteiger partial charge in [0.1, 0.15) is 0 Å². The summed E-state index contributed by atoms with van der Waals surface area (Å²) >= 11 is 9.39. The molecule has 0 amide bonds. The Hall–Kier alpha value is -0.380. The van der Waals surface area contributed by atoms with Gasteiger partial charge in [-0.25, -0.2) is 0 Å². The van der Waals surface area contributed by atoms with Crippen LogP contribution < -0.4 is 0 Å². The van der Waals surface area contributed by atoms with Crippen LogP contribution in [0, 0.1) is 5.92 Å². The fraction of sp³-hybridized carbons (Fsp3) is 0.417. The Labute approximate surface area is 108 Å². The Balaban J connectivity index is 2.19. The molecule has 0 atom stereocenters. The number of carbonyl (C=O) groups excluding carboxylic acids is 1. The molecule has 0 bridgehead atoms. The predicted octanol–water partition coefficient (Wildman–Crippen LogP) is 3.71. The number of rotatable bonds is 2. The molecule has 0 radical (unpaired) electrons. The lowest BCUT2D eigenvalue weighted by molar-refractivity contribution is 0.0545. The Bertz CT molecular complexity index is 400. The molecular formula is C12H12BrClO2. The van der Waals surface area contributed by atoms with Crippen LogP contribution in [0.1, 0.15) is 23.2 Å². The molecule has 2 rings (SSSR count). The molecule has 0 aliphatic carbocycles. The third-order valence-electron chi connectivity index (χ3n) is 2.79. The number of Topliss-reactive ketones (excluding diaryl/α,β-unsaturated/α-hetero) is 1. The Morgan fingerprint density at radius 2 is 2.06 bits per heavy atom. The normalized spacial score (nSPS) is 17.4. The molecule has 2 nitrogen and oxygen atoms in total. The summed E-state index contributed by atoms with van der Waals surface area (Å²) in [4.78, 5) is 12.2. The van der Waals surface area contributed by atoms with Crippen molar-refractivity contribution in [1.82, 2.24) is 0 Å². The zero-order chi connectivity index (χ0) is 11.5. The van der Waals surface area contributed by atoms with Crippen LogP contribution in [-0.2, 0) is 4.74 Å². The smallest absolute Gasteiger partial charge is 0.167 e. The average molecular weight is 304 g/mol. The van der Waals surface area contributed by atoms with Gasteiger partial charge in [0.25, 0.3) is 0 Å². The molecule has 16 heavy (non-hydrogen) atoms. The second-order valence-electron chi connectivity index (χ2n) is 3.88. The van der Waals surface area contributed by atoms with E-state index in [1.807, 2.05) is 6.07 Å². The second kappa shape index (κ2) is 5.30. The standard InChI is InChI=1S/C12H12BrClO2/c13-9-1-2-10(11(14)7-9)12(15)8-3-5-16-6-4-8/h1-2,7-8H,3-6H2. The van der Waals surface area contributed by atoms with Gasteiger partial charge in [0, 0.05) is 29.2 Å². The van der Waals surface area contributed by atoms with Crippen LogP contribution in [0.15, 0.2) is 22.7 Å². The Morgan fingerprint density at radius 1 is 1.38 bits per heavy atom. The highest BCUT2D eigenvalue weighted by atomic mass is 79.9. The van der Waals surface area contributed by atoms with Gasteiger partial charge in [-0.3, -0.25) is 4.79 Å². The van der Waals surface area contributed by atoms with Gasteiger partial charge < -0.3 is 4.74 Å². The van der Waals surface area contributed by atoms with Gasteiger partial charge in [0.15, 0.2) is 5.78 Å². The lowest BCUT2D eigenvalue weighted by atomic mass is 9.91. The van der Waals surface area contributed by atoms with E-state index in [0.717, 1.165) is 17.3 Å². The molecular weight excluding hydrogens is 291 g/mol. The lowest BCUT2D eigenvalue weighted by Crippen LogP contribution is -2.23. The van der Waals surface area contributed by atoms with Crippen LogP contribution in [0.3, 0.4) is 0 Å². The highest BCUT2D eigenvalue weighted by Gasteiger charge is 2.24. The molecule has 0 aromatic heterocycles. The van der Waals surface area contributed by atoms with E-state index in [4.69, 9.17) is 16.3 Å². The van der Waals surface area contributed by atoms with Crippen molar-refractivity contribution in [2.45, 2.75) is 12.8 Å². The highest BCUT2D eigenvalue weighted by molar-refractivity contribution is 9.10. The van der Waals surface area contributed by atoms with E-state index in [0.29, 0.717) is 23.8 Å². The fourth-order valence-electron chi connectivity index (χ4n) is 1.87. The van der Waals surface area contributed by atoms with E-state index in [9.17, 15) is 4.79 Å². The van der Waals surface area contributed by atoms with E-state index >= 15 is 0 Å². The minimum absolute atomic E-state index is 0.0624. The molecule has 4 heteroatoms. The first-order valence-electron chi connectivity index (χ1n) is 5.25. The van der Waals surface area contributed by atoms with Crippen LogP contribution in [0.5, 0.6) is 0 Å². The van der Waals surface area contributed by atoms with Gasteiger partial charge in [0.05, 0.1) is 5.02 Å². The van der Waals surface area contributed by atoms with Crippen LogP contribution in [0.4, 0.5) is 0 Å². The zero-order valence-corrected chi connectivity index (χ0v) is 11.1. The summed E-state index contributed by atoms with van der Waals surface area (Å²) in [5.41, 5.74) is 0.622. The molecule has 1 fully saturated rings. The van der Waals surface area contributed by atoms with Crippen LogP contribution in [0.25, 0.3) is 0 Å². The van der Waals surface area contributed by atoms with E-state index in [1.54, 1.807) is 12.1 Å². The summed E-state index contributed by atoms with van der Waals surface area (Å²) in [5.74, 6) is 0.202. The van der Waals surface area contributed by atoms with Crippen molar-refractivity contribution >= 4 is 33.3 Å². The number of benzene rings is 1. The van der Waals surface area contributed by atoms with Crippen molar-refractivity contribution in [2.75, 3.05) is 13.2 Å². The molecule has 1 heterocycles. The highest BCUT2D eigenvalue weighted by Crippen LogP contribution is 2.27. The van der Waals surface area contributed by atoms with Gasteiger partial charge >= 0.3 is 0 Å². The Kier molecular flexibility index (Phi) is 4.00. The Morgan fingerprint density at radius 3 is 2.69 bits per heavy atom. The first kappa shape index (κ1) is 12.1. The van der Waals surface area contributed by atoms with Crippen molar-refractivity contribution < 1.29 is 9.53 Å². The summed E-state index contributed by atoms with van der Waals surface area (Å²) in [6.45, 7) is 1.34. The van der Waals surface area contributed by atoms with Gasteiger partial charge in [-0.05, 0) is 31.0 Å². The first-order valence-corrected chi connectivity index (χ1v) is 6.42. The van der Waals surface area contributed by atoms with E-state index < -0.39 is 0 Å². The third-order valence-corrected chi connectivity index (χ3v) is 3.59. The topological polar surface area (TPSA) is 26.3 Å². The molecule has 1 aliphatic rings. The predicted molar refractivity (Wildman–Crippen MR) is 67.0 cm³/mol. The molecule has 86 valence electrons. The molecule has 1 aromatic rings. The summed E-state index contributed by atoms with van der Waals surface area (Å²) in [6.07, 6.45) is 1.59. The molecule has 0 saturated carbocycles.